The molecule has 0 bridgehead atoms. The predicted octanol–water partition coefficient (Wildman–Crippen LogP) is 1.70. The highest BCUT2D eigenvalue weighted by atomic mass is 32.2. The van der Waals surface area contributed by atoms with Crippen molar-refractivity contribution in [2.75, 3.05) is 154 Å². The third kappa shape index (κ3) is 281. The number of rotatable bonds is 0. The SMILES string of the molecule is CC(C)=O.CNC.CNC(=O)NC.CNC(=O)OC.CNC(=O)OC.CNC(=O)SC.CNC(=O)SC.CNC(=S)OC.CNC(=S)OC.CNC(C)=O.CNC(C)=O.COC.COC(C)=O.COC(C)=O. The molecule has 0 unspecified atom stereocenters. The van der Waals surface area contributed by atoms with E-state index in [1.807, 2.05) is 14.1 Å². The quantitative estimate of drug-likeness (QED) is 0.0934. The first-order chi connectivity index (χ1) is 33.3. The van der Waals surface area contributed by atoms with E-state index in [2.05, 4.69) is 116 Å². The number of alkyl carbamates (subject to hydrolysis) is 2. The lowest BCUT2D eigenvalue weighted by Gasteiger charge is -1.95. The van der Waals surface area contributed by atoms with Gasteiger partial charge in [0.05, 0.1) is 42.7 Å². The molecule has 8 amide bonds. The highest BCUT2D eigenvalue weighted by molar-refractivity contribution is 8.13. The zero-order valence-electron chi connectivity index (χ0n) is 48.1. The van der Waals surface area contributed by atoms with Gasteiger partial charge in [-0.2, -0.15) is 0 Å². The Morgan fingerprint density at radius 2 is 0.528 bits per heavy atom. The summed E-state index contributed by atoms with van der Waals surface area (Å²) in [6.45, 7) is 8.72. The minimum atomic E-state index is -0.407. The van der Waals surface area contributed by atoms with Gasteiger partial charge >= 0.3 is 30.2 Å². The normalized spacial score (nSPS) is 6.94. The zero-order valence-corrected chi connectivity index (χ0v) is 51.3. The third-order valence-electron chi connectivity index (χ3n) is 4.07. The maximum absolute atomic E-state index is 10.0. The van der Waals surface area contributed by atoms with E-state index < -0.39 is 12.2 Å². The molecule has 0 atom stereocenters. The van der Waals surface area contributed by atoms with Crippen molar-refractivity contribution < 1.29 is 81.1 Å². The molecule has 0 fully saturated rings. The number of methoxy groups -OCH3 is 7. The summed E-state index contributed by atoms with van der Waals surface area (Å²) in [7, 11) is 31.4. The number of Topliss-reactive ketones (excluding diaryl/α,β-unsaturated/α-hetero) is 1. The molecule has 0 saturated carbocycles. The molecule has 0 radical (unpaired) electrons. The number of urea groups is 1. The van der Waals surface area contributed by atoms with E-state index in [1.54, 1.807) is 83.1 Å². The minimum absolute atomic E-state index is 0.00463. The standard InChI is InChI=1S/C3H8N2O.2C3H7NO2.4C3H7NOS.2C3H7NO.2C3H6O2.C3H6O.C2H7N.C2H6O/c1-4-3(6)5-2;4*1-4-3(5)6-2;2*1-4-3(6)5-2;2*1-3(5)4-2;2*1-3(4)5-2;1-3(2)4;2*1-3-2/h1-2H3,(H2,4,5,6);4*1-2H3,(H,4,5);2*1-2H3,(H,4,6);2*1-2H3,(H,4,5);2*1-2H3;1-2H3;3H,1-2H3;1-2H3. The summed E-state index contributed by atoms with van der Waals surface area (Å²) < 4.78 is 29.8. The maximum Gasteiger partial charge on any atom is 0.406 e. The zero-order chi connectivity index (χ0) is 61.1. The Morgan fingerprint density at radius 1 is 0.347 bits per heavy atom. The summed E-state index contributed by atoms with van der Waals surface area (Å²) in [4.78, 5) is 97.7. The van der Waals surface area contributed by atoms with Gasteiger partial charge in [-0.05, 0) is 64.9 Å². The molecule has 0 rings (SSSR count). The Morgan fingerprint density at radius 3 is 0.528 bits per heavy atom. The maximum atomic E-state index is 10.0. The van der Waals surface area contributed by atoms with Gasteiger partial charge in [-0.3, -0.25) is 28.8 Å². The molecule has 32 heteroatoms. The van der Waals surface area contributed by atoms with Gasteiger partial charge in [0.15, 0.2) is 0 Å². The van der Waals surface area contributed by atoms with Crippen LogP contribution in [0.5, 0.6) is 0 Å². The first kappa shape index (κ1) is 103. The second-order valence-corrected chi connectivity index (χ2v) is 12.4. The Kier molecular flexibility index (Phi) is 153. The van der Waals surface area contributed by atoms with Crippen molar-refractivity contribution >= 4 is 117 Å². The van der Waals surface area contributed by atoms with E-state index in [4.69, 9.17) is 0 Å². The molecule has 0 saturated heterocycles. The summed E-state index contributed by atoms with van der Waals surface area (Å²) in [6, 6.07) is -0.157. The molecule has 11 N–H and O–H groups in total. The van der Waals surface area contributed by atoms with Gasteiger partial charge in [0.1, 0.15) is 5.78 Å². The minimum Gasteiger partial charge on any atom is -0.474 e. The first-order valence-electron chi connectivity index (χ1n) is 19.7. The van der Waals surface area contributed by atoms with Crippen LogP contribution in [0, 0.1) is 0 Å². The monoisotopic (exact) mass is 1130 g/mol. The van der Waals surface area contributed by atoms with Crippen molar-refractivity contribution in [2.45, 2.75) is 41.5 Å². The summed E-state index contributed by atoms with van der Waals surface area (Å²) in [5.74, 6) is -0.315. The molecule has 0 aromatic rings. The Bertz CT molecular complexity index is 1010. The van der Waals surface area contributed by atoms with Crippen LogP contribution in [0.4, 0.5) is 24.0 Å². The van der Waals surface area contributed by atoms with Crippen molar-refractivity contribution in [1.82, 2.24) is 58.5 Å². The van der Waals surface area contributed by atoms with E-state index in [0.717, 1.165) is 0 Å². The fraction of sp³-hybridized carbons (Fsp3) is 0.700. The number of nitrogens with one attached hydrogen (secondary N) is 11. The molecule has 28 nitrogen and oxygen atoms in total. The number of hydrogen-bond acceptors (Lipinski definition) is 22. The first-order valence-corrected chi connectivity index (χ1v) is 22.9. The second-order valence-electron chi connectivity index (χ2n) is 10.1. The number of carbonyl (C=O) groups is 10. The molecule has 72 heavy (non-hydrogen) atoms. The lowest BCUT2D eigenvalue weighted by atomic mass is 10.6. The van der Waals surface area contributed by atoms with E-state index in [-0.39, 0.29) is 46.0 Å². The molecule has 436 valence electrons. The molecule has 0 aliphatic carbocycles. The number of hydrogen-bond donors (Lipinski definition) is 11. The van der Waals surface area contributed by atoms with Gasteiger partial charge < -0.3 is 96.4 Å². The van der Waals surface area contributed by atoms with E-state index in [0.29, 0.717) is 10.3 Å². The molecular weight excluding hydrogens is 1030 g/mol. The van der Waals surface area contributed by atoms with Crippen LogP contribution >= 0.6 is 48.0 Å². The van der Waals surface area contributed by atoms with Gasteiger partial charge in [-0.1, -0.05) is 23.5 Å². The Labute approximate surface area is 449 Å². The highest BCUT2D eigenvalue weighted by Crippen LogP contribution is 1.89. The molecule has 0 aromatic carbocycles. The van der Waals surface area contributed by atoms with Gasteiger partial charge in [0.2, 0.25) is 11.8 Å². The Hall–Kier alpha value is -5.70. The van der Waals surface area contributed by atoms with Crippen LogP contribution in [0.3, 0.4) is 0 Å². The molecule has 0 aromatic heterocycles. The van der Waals surface area contributed by atoms with Crippen LogP contribution in [0.25, 0.3) is 0 Å². The van der Waals surface area contributed by atoms with Crippen LogP contribution in [0.15, 0.2) is 0 Å². The summed E-state index contributed by atoms with van der Waals surface area (Å²) in [5.41, 5.74) is 0. The average Bonchev–Trinajstić information content (AvgIpc) is 3.38. The topological polar surface area (TPSA) is 368 Å². The van der Waals surface area contributed by atoms with Crippen molar-refractivity contribution in [3.63, 3.8) is 0 Å². The van der Waals surface area contributed by atoms with Crippen LogP contribution in [0.2, 0.25) is 0 Å². The van der Waals surface area contributed by atoms with Crippen LogP contribution in [-0.2, 0) is 57.1 Å². The fourth-order valence-electron chi connectivity index (χ4n) is 0.737. The van der Waals surface area contributed by atoms with Gasteiger partial charge in [0.25, 0.3) is 20.8 Å². The number of thioether (sulfide) groups is 2. The fourth-order valence-corrected chi connectivity index (χ4v) is 1.15. The predicted molar refractivity (Wildman–Crippen MR) is 299 cm³/mol. The number of carbonyl (C=O) groups excluding carboxylic acids is 10. The average molecular weight is 1130 g/mol. The largest absolute Gasteiger partial charge is 0.474 e. The number of esters is 2. The van der Waals surface area contributed by atoms with Crippen molar-refractivity contribution in [2.24, 2.45) is 0 Å². The second kappa shape index (κ2) is 107. The van der Waals surface area contributed by atoms with Crippen molar-refractivity contribution in [3.05, 3.63) is 0 Å². The molecule has 0 heterocycles. The summed E-state index contributed by atoms with van der Waals surface area (Å²) in [5, 5.41) is 27.8. The third-order valence-corrected chi connectivity index (χ3v) is 5.96. The number of thiocarbonyl (C=S) groups is 2. The number of amides is 8. The highest BCUT2D eigenvalue weighted by Gasteiger charge is 1.87. The van der Waals surface area contributed by atoms with Gasteiger partial charge in [-0.15, -0.1) is 0 Å². The molecule has 0 aliphatic rings. The number of ketones is 1. The van der Waals surface area contributed by atoms with Crippen LogP contribution in [-0.4, -0.2) is 223 Å². The van der Waals surface area contributed by atoms with Gasteiger partial charge in [-0.25, -0.2) is 14.4 Å². The van der Waals surface area contributed by atoms with E-state index in [9.17, 15) is 47.9 Å². The van der Waals surface area contributed by atoms with Crippen LogP contribution < -0.4 is 58.5 Å². The summed E-state index contributed by atoms with van der Waals surface area (Å²) >= 11 is 11.4. The van der Waals surface area contributed by atoms with Crippen molar-refractivity contribution in [1.29, 1.82) is 0 Å². The smallest absolute Gasteiger partial charge is 0.406 e. The van der Waals surface area contributed by atoms with Gasteiger partial charge in [0, 0.05) is 112 Å². The molecular formula is C40H95N11O17S4. The van der Waals surface area contributed by atoms with Crippen molar-refractivity contribution in [3.8, 4) is 0 Å². The summed E-state index contributed by atoms with van der Waals surface area (Å²) in [6.07, 6.45) is 2.66. The number of ether oxygens (including phenoxy) is 7. The van der Waals surface area contributed by atoms with E-state index >= 15 is 0 Å². The lowest BCUT2D eigenvalue weighted by Crippen LogP contribution is -2.28. The lowest BCUT2D eigenvalue weighted by molar-refractivity contribution is -0.138. The molecule has 0 aliphatic heterocycles. The van der Waals surface area contributed by atoms with E-state index in [1.165, 1.54) is 122 Å². The van der Waals surface area contributed by atoms with Crippen LogP contribution in [0.1, 0.15) is 41.5 Å². The molecule has 0 spiro atoms. The Balaban J connectivity index is -0.0000000421.